The Morgan fingerprint density at radius 3 is 2.82 bits per heavy atom. The van der Waals surface area contributed by atoms with Crippen LogP contribution in [-0.4, -0.2) is 62.0 Å². The van der Waals surface area contributed by atoms with Crippen molar-refractivity contribution in [3.63, 3.8) is 0 Å². The van der Waals surface area contributed by atoms with Crippen molar-refractivity contribution in [1.29, 1.82) is 0 Å². The van der Waals surface area contributed by atoms with E-state index in [2.05, 4.69) is 17.0 Å². The maximum atomic E-state index is 14.5. The summed E-state index contributed by atoms with van der Waals surface area (Å²) in [7, 11) is 0. The molecule has 0 bridgehead atoms. The Hall–Kier alpha value is -3.50. The Morgan fingerprint density at radius 2 is 2.15 bits per heavy atom. The smallest absolute Gasteiger partial charge is 0.251 e. The standard InChI is InChI=1S/C24H29FN4O5/c1-4-16-6-5-7-20(23(16)25)34-18-11-22(32)29(13-18)19(10-15(2)3)24(33)26-21-8-9-28(27-21)12-17(31)14-30/h4-9,11,15,17,19,30-31H,1,10,12-14H2,2-3H3,(H,26,27,33)/t17-,19+/m1/s1. The van der Waals surface area contributed by atoms with Gasteiger partial charge in [0, 0.05) is 23.9 Å². The van der Waals surface area contributed by atoms with E-state index >= 15 is 0 Å². The van der Waals surface area contributed by atoms with Gasteiger partial charge >= 0.3 is 0 Å². The van der Waals surface area contributed by atoms with Crippen molar-refractivity contribution in [3.05, 3.63) is 60.3 Å². The van der Waals surface area contributed by atoms with Gasteiger partial charge in [0.15, 0.2) is 17.4 Å². The van der Waals surface area contributed by atoms with Crippen LogP contribution in [0.4, 0.5) is 10.2 Å². The molecule has 1 aromatic heterocycles. The molecule has 2 heterocycles. The van der Waals surface area contributed by atoms with Crippen molar-refractivity contribution in [2.24, 2.45) is 5.92 Å². The van der Waals surface area contributed by atoms with E-state index in [9.17, 15) is 19.1 Å². The van der Waals surface area contributed by atoms with Gasteiger partial charge in [0.05, 0.1) is 25.8 Å². The van der Waals surface area contributed by atoms with E-state index in [1.54, 1.807) is 24.4 Å². The summed E-state index contributed by atoms with van der Waals surface area (Å²) in [6.07, 6.45) is 3.61. The molecule has 2 atom stereocenters. The monoisotopic (exact) mass is 472 g/mol. The van der Waals surface area contributed by atoms with Crippen molar-refractivity contribution in [3.8, 4) is 5.75 Å². The molecular formula is C24H29FN4O5. The van der Waals surface area contributed by atoms with Crippen LogP contribution in [-0.2, 0) is 16.1 Å². The number of hydrogen-bond donors (Lipinski definition) is 3. The summed E-state index contributed by atoms with van der Waals surface area (Å²) in [6.45, 7) is 7.11. The van der Waals surface area contributed by atoms with Gasteiger partial charge < -0.3 is 25.2 Å². The summed E-state index contributed by atoms with van der Waals surface area (Å²) >= 11 is 0. The minimum absolute atomic E-state index is 0.0124. The second-order valence-electron chi connectivity index (χ2n) is 8.44. The summed E-state index contributed by atoms with van der Waals surface area (Å²) < 4.78 is 21.5. The number of aliphatic hydroxyl groups is 2. The zero-order chi connectivity index (χ0) is 24.8. The van der Waals surface area contributed by atoms with Crippen molar-refractivity contribution < 1.29 is 28.9 Å². The predicted molar refractivity (Wildman–Crippen MR) is 124 cm³/mol. The number of hydrogen-bond acceptors (Lipinski definition) is 6. The van der Waals surface area contributed by atoms with Crippen LogP contribution in [0.2, 0.25) is 0 Å². The summed E-state index contributed by atoms with van der Waals surface area (Å²) in [5.74, 6) is -0.858. The van der Waals surface area contributed by atoms with Gasteiger partial charge in [0.2, 0.25) is 5.91 Å². The van der Waals surface area contributed by atoms with Gasteiger partial charge in [-0.2, -0.15) is 5.10 Å². The van der Waals surface area contributed by atoms with Crippen LogP contribution in [0.25, 0.3) is 6.08 Å². The minimum atomic E-state index is -0.971. The molecule has 0 saturated carbocycles. The van der Waals surface area contributed by atoms with Gasteiger partial charge in [-0.15, -0.1) is 0 Å². The zero-order valence-corrected chi connectivity index (χ0v) is 19.1. The van der Waals surface area contributed by atoms with Gasteiger partial charge in [-0.3, -0.25) is 14.3 Å². The lowest BCUT2D eigenvalue weighted by molar-refractivity contribution is -0.133. The minimum Gasteiger partial charge on any atom is -0.457 e. The molecule has 1 aromatic carbocycles. The van der Waals surface area contributed by atoms with E-state index in [0.717, 1.165) is 0 Å². The first-order chi connectivity index (χ1) is 16.2. The fourth-order valence-electron chi connectivity index (χ4n) is 3.58. The van der Waals surface area contributed by atoms with Gasteiger partial charge in [-0.25, -0.2) is 4.39 Å². The highest BCUT2D eigenvalue weighted by molar-refractivity contribution is 5.99. The highest BCUT2D eigenvalue weighted by Gasteiger charge is 2.35. The van der Waals surface area contributed by atoms with E-state index in [1.807, 2.05) is 13.8 Å². The lowest BCUT2D eigenvalue weighted by Crippen LogP contribution is -2.46. The summed E-state index contributed by atoms with van der Waals surface area (Å²) in [6, 6.07) is 5.39. The highest BCUT2D eigenvalue weighted by Crippen LogP contribution is 2.27. The number of nitrogens with zero attached hydrogens (tertiary/aromatic N) is 3. The van der Waals surface area contributed by atoms with Crippen LogP contribution in [0, 0.1) is 11.7 Å². The molecule has 0 spiro atoms. The number of anilines is 1. The second-order valence-corrected chi connectivity index (χ2v) is 8.44. The van der Waals surface area contributed by atoms with Crippen molar-refractivity contribution in [1.82, 2.24) is 14.7 Å². The summed E-state index contributed by atoms with van der Waals surface area (Å²) in [4.78, 5) is 27.2. The van der Waals surface area contributed by atoms with Crippen LogP contribution in [0.5, 0.6) is 5.75 Å². The maximum Gasteiger partial charge on any atom is 0.251 e. The van der Waals surface area contributed by atoms with Gasteiger partial charge in [-0.05, 0) is 18.4 Å². The number of carbonyl (C=O) groups excluding carboxylic acids is 2. The van der Waals surface area contributed by atoms with Crippen LogP contribution < -0.4 is 10.1 Å². The fraction of sp³-hybridized carbons (Fsp3) is 0.375. The average Bonchev–Trinajstić information content (AvgIpc) is 3.38. The molecular weight excluding hydrogens is 443 g/mol. The molecule has 2 amide bonds. The van der Waals surface area contributed by atoms with Gasteiger partial charge in [0.25, 0.3) is 5.91 Å². The van der Waals surface area contributed by atoms with E-state index in [0.29, 0.717) is 6.42 Å². The maximum absolute atomic E-state index is 14.5. The molecule has 0 fully saturated rings. The molecule has 0 aliphatic carbocycles. The normalized spacial score (nSPS) is 15.3. The number of aromatic nitrogens is 2. The number of nitrogens with one attached hydrogen (secondary N) is 1. The molecule has 1 aliphatic rings. The van der Waals surface area contributed by atoms with Crippen LogP contribution in [0.15, 0.2) is 48.9 Å². The third-order valence-electron chi connectivity index (χ3n) is 5.22. The number of amides is 2. The van der Waals surface area contributed by atoms with E-state index in [1.165, 1.54) is 27.8 Å². The molecule has 0 radical (unpaired) electrons. The predicted octanol–water partition coefficient (Wildman–Crippen LogP) is 2.18. The lowest BCUT2D eigenvalue weighted by Gasteiger charge is -2.28. The molecule has 9 nitrogen and oxygen atoms in total. The first-order valence-electron chi connectivity index (χ1n) is 10.9. The third-order valence-corrected chi connectivity index (χ3v) is 5.22. The molecule has 10 heteroatoms. The van der Waals surface area contributed by atoms with E-state index in [-0.39, 0.29) is 41.9 Å². The first kappa shape index (κ1) is 25.1. The Balaban J connectivity index is 1.71. The Bertz CT molecular complexity index is 1080. The topological polar surface area (TPSA) is 117 Å². The van der Waals surface area contributed by atoms with Crippen molar-refractivity contribution >= 4 is 23.7 Å². The molecule has 182 valence electrons. The number of aliphatic hydroxyl groups excluding tert-OH is 2. The molecule has 0 unspecified atom stereocenters. The molecule has 1 aliphatic heterocycles. The largest absolute Gasteiger partial charge is 0.457 e. The molecule has 3 rings (SSSR count). The zero-order valence-electron chi connectivity index (χ0n) is 19.1. The number of halogens is 1. The number of rotatable bonds is 11. The van der Waals surface area contributed by atoms with E-state index < -0.39 is 36.4 Å². The van der Waals surface area contributed by atoms with Crippen molar-refractivity contribution in [2.45, 2.75) is 39.0 Å². The quantitative estimate of drug-likeness (QED) is 0.462. The highest BCUT2D eigenvalue weighted by atomic mass is 19.1. The molecule has 0 saturated heterocycles. The van der Waals surface area contributed by atoms with Crippen LogP contribution in [0.1, 0.15) is 25.8 Å². The summed E-state index contributed by atoms with van der Waals surface area (Å²) in [5, 5.41) is 25.4. The summed E-state index contributed by atoms with van der Waals surface area (Å²) in [5.41, 5.74) is 0.280. The average molecular weight is 473 g/mol. The fourth-order valence-corrected chi connectivity index (χ4v) is 3.58. The third kappa shape index (κ3) is 6.09. The number of benzene rings is 1. The SMILES string of the molecule is C=Cc1cccc(OC2=CC(=O)N([C@@H](CC(C)C)C(=O)Nc3ccn(C[C@@H](O)CO)n3)C2)c1F. The Morgan fingerprint density at radius 1 is 1.38 bits per heavy atom. The lowest BCUT2D eigenvalue weighted by atomic mass is 10.0. The van der Waals surface area contributed by atoms with Gasteiger partial charge in [0.1, 0.15) is 11.8 Å². The van der Waals surface area contributed by atoms with E-state index in [4.69, 9.17) is 9.84 Å². The number of carbonyl (C=O) groups is 2. The first-order valence-corrected chi connectivity index (χ1v) is 10.9. The molecule has 3 N–H and O–H groups in total. The van der Waals surface area contributed by atoms with Crippen LogP contribution in [0.3, 0.4) is 0 Å². The number of ether oxygens (including phenoxy) is 1. The van der Waals surface area contributed by atoms with Crippen LogP contribution >= 0.6 is 0 Å². The Labute approximate surface area is 197 Å². The van der Waals surface area contributed by atoms with Crippen molar-refractivity contribution in [2.75, 3.05) is 18.5 Å². The van der Waals surface area contributed by atoms with Gasteiger partial charge in [-0.1, -0.05) is 38.6 Å². The molecule has 34 heavy (non-hydrogen) atoms. The Kier molecular flexibility index (Phi) is 8.19. The molecule has 2 aromatic rings. The second kappa shape index (κ2) is 11.1.